The Morgan fingerprint density at radius 3 is 2.68 bits per heavy atom. The molecule has 0 amide bonds. The number of ether oxygens (including phenoxy) is 1. The third kappa shape index (κ3) is 4.77. The molecule has 0 fully saturated rings. The minimum absolute atomic E-state index is 0.207. The molecule has 2 aromatic heterocycles. The fourth-order valence-corrected chi connectivity index (χ4v) is 3.62. The van der Waals surface area contributed by atoms with Gasteiger partial charge in [-0.05, 0) is 48.7 Å². The number of methoxy groups -OCH3 is 1. The van der Waals surface area contributed by atoms with E-state index in [1.54, 1.807) is 12.1 Å². The van der Waals surface area contributed by atoms with Crippen LogP contribution in [0.2, 0.25) is 0 Å². The van der Waals surface area contributed by atoms with Crippen molar-refractivity contribution in [1.82, 2.24) is 4.57 Å². The Kier molecular flexibility index (Phi) is 6.32. The molecule has 0 saturated carbocycles. The monoisotopic (exact) mass is 414 g/mol. The highest BCUT2D eigenvalue weighted by atomic mass is 16.5. The summed E-state index contributed by atoms with van der Waals surface area (Å²) in [6.45, 7) is 2.72. The summed E-state index contributed by atoms with van der Waals surface area (Å²) in [5.74, 6) is 0.419. The molecule has 158 valence electrons. The van der Waals surface area contributed by atoms with E-state index in [1.807, 2.05) is 18.3 Å². The summed E-state index contributed by atoms with van der Waals surface area (Å²) < 4.78 is 12.5. The number of nitrogens with zero attached hydrogens (tertiary/aromatic N) is 2. The molecule has 4 rings (SSSR count). The Bertz CT molecular complexity index is 1200. The van der Waals surface area contributed by atoms with Crippen LogP contribution in [-0.4, -0.2) is 23.9 Å². The first-order chi connectivity index (χ1) is 15.2. The van der Waals surface area contributed by atoms with E-state index in [1.165, 1.54) is 25.5 Å². The van der Waals surface area contributed by atoms with Crippen LogP contribution in [-0.2, 0) is 17.7 Å². The number of fused-ring (bicyclic) bond motifs is 1. The number of benzene rings is 2. The summed E-state index contributed by atoms with van der Waals surface area (Å²) in [4.78, 5) is 16.3. The average molecular weight is 415 g/mol. The second kappa shape index (κ2) is 9.47. The molecular weight excluding hydrogens is 388 g/mol. The van der Waals surface area contributed by atoms with Gasteiger partial charge in [0.2, 0.25) is 5.76 Å². The lowest BCUT2D eigenvalue weighted by Gasteiger charge is -2.02. The van der Waals surface area contributed by atoms with Crippen molar-refractivity contribution in [3.05, 3.63) is 89.5 Å². The zero-order valence-electron chi connectivity index (χ0n) is 17.9. The predicted molar refractivity (Wildman–Crippen MR) is 123 cm³/mol. The Morgan fingerprint density at radius 2 is 1.90 bits per heavy atom. The number of aromatic nitrogens is 1. The molecule has 0 saturated heterocycles. The molecule has 5 nitrogen and oxygen atoms in total. The SMILES string of the molecule is CCCCc1ccc(N=Cc2cn(Cc3ccc(C(=O)OC)o3)c3ccccc23)cc1. The molecule has 0 aliphatic rings. The lowest BCUT2D eigenvalue weighted by atomic mass is 10.1. The maximum absolute atomic E-state index is 11.6. The van der Waals surface area contributed by atoms with E-state index < -0.39 is 5.97 Å². The zero-order chi connectivity index (χ0) is 21.6. The van der Waals surface area contributed by atoms with Crippen molar-refractivity contribution >= 4 is 28.8 Å². The number of hydrogen-bond donors (Lipinski definition) is 0. The van der Waals surface area contributed by atoms with Gasteiger partial charge in [0, 0.05) is 28.9 Å². The maximum Gasteiger partial charge on any atom is 0.373 e. The quantitative estimate of drug-likeness (QED) is 0.256. The van der Waals surface area contributed by atoms with Crippen LogP contribution in [0.1, 0.15) is 47.2 Å². The van der Waals surface area contributed by atoms with E-state index in [4.69, 9.17) is 9.15 Å². The summed E-state index contributed by atoms with van der Waals surface area (Å²) in [5.41, 5.74) is 4.40. The number of esters is 1. The topological polar surface area (TPSA) is 56.7 Å². The number of para-hydroxylation sites is 1. The van der Waals surface area contributed by atoms with Crippen LogP contribution >= 0.6 is 0 Å². The molecule has 0 unspecified atom stereocenters. The van der Waals surface area contributed by atoms with Crippen LogP contribution in [0.3, 0.4) is 0 Å². The van der Waals surface area contributed by atoms with Crippen molar-refractivity contribution in [1.29, 1.82) is 0 Å². The molecule has 2 heterocycles. The second-order valence-corrected chi connectivity index (χ2v) is 7.52. The number of aliphatic imine (C=N–C) groups is 1. The fraction of sp³-hybridized carbons (Fsp3) is 0.231. The van der Waals surface area contributed by atoms with Crippen molar-refractivity contribution in [2.45, 2.75) is 32.7 Å². The zero-order valence-corrected chi connectivity index (χ0v) is 17.9. The van der Waals surface area contributed by atoms with Crippen LogP contribution in [0.25, 0.3) is 10.9 Å². The predicted octanol–water partition coefficient (Wildman–Crippen LogP) is 6.16. The van der Waals surface area contributed by atoms with E-state index in [0.717, 1.165) is 28.6 Å². The minimum Gasteiger partial charge on any atom is -0.463 e. The summed E-state index contributed by atoms with van der Waals surface area (Å²) in [7, 11) is 1.34. The molecule has 0 N–H and O–H groups in total. The average Bonchev–Trinajstić information content (AvgIpc) is 3.42. The minimum atomic E-state index is -0.475. The summed E-state index contributed by atoms with van der Waals surface area (Å²) in [6.07, 6.45) is 7.48. The molecular formula is C26H26N2O3. The van der Waals surface area contributed by atoms with Gasteiger partial charge in [-0.25, -0.2) is 4.79 Å². The Hall–Kier alpha value is -3.60. The van der Waals surface area contributed by atoms with E-state index in [0.29, 0.717) is 12.3 Å². The molecule has 4 aromatic rings. The number of aryl methyl sites for hydroxylation is 1. The number of carbonyl (C=O) groups excluding carboxylic acids is 1. The van der Waals surface area contributed by atoms with E-state index in [9.17, 15) is 4.79 Å². The fourth-order valence-electron chi connectivity index (χ4n) is 3.62. The van der Waals surface area contributed by atoms with Gasteiger partial charge in [-0.1, -0.05) is 43.7 Å². The van der Waals surface area contributed by atoms with Gasteiger partial charge in [-0.2, -0.15) is 0 Å². The van der Waals surface area contributed by atoms with Crippen LogP contribution in [0.5, 0.6) is 0 Å². The largest absolute Gasteiger partial charge is 0.463 e. The van der Waals surface area contributed by atoms with Crippen molar-refractivity contribution in [3.63, 3.8) is 0 Å². The number of hydrogen-bond acceptors (Lipinski definition) is 4. The van der Waals surface area contributed by atoms with Crippen molar-refractivity contribution < 1.29 is 13.9 Å². The first-order valence-electron chi connectivity index (χ1n) is 10.6. The normalized spacial score (nSPS) is 11.4. The van der Waals surface area contributed by atoms with Gasteiger partial charge in [0.15, 0.2) is 0 Å². The molecule has 31 heavy (non-hydrogen) atoms. The van der Waals surface area contributed by atoms with Gasteiger partial charge in [-0.3, -0.25) is 4.99 Å². The third-order valence-electron chi connectivity index (χ3n) is 5.30. The van der Waals surface area contributed by atoms with Crippen molar-refractivity contribution in [3.8, 4) is 0 Å². The lowest BCUT2D eigenvalue weighted by Crippen LogP contribution is -1.99. The Labute approximate surface area is 182 Å². The molecule has 5 heteroatoms. The van der Waals surface area contributed by atoms with Crippen molar-refractivity contribution in [2.24, 2.45) is 4.99 Å². The van der Waals surface area contributed by atoms with E-state index in [-0.39, 0.29) is 5.76 Å². The summed E-state index contributed by atoms with van der Waals surface area (Å²) in [5, 5.41) is 1.12. The molecule has 2 aromatic carbocycles. The standard InChI is InChI=1S/C26H26N2O3/c1-3-4-7-19-10-12-21(13-11-19)27-16-20-17-28(24-9-6-5-8-23(20)24)18-22-14-15-25(31-22)26(29)30-2/h5-6,8-17H,3-4,7,18H2,1-2H3. The first kappa shape index (κ1) is 20.7. The number of carbonyl (C=O) groups is 1. The summed E-state index contributed by atoms with van der Waals surface area (Å²) in [6, 6.07) is 20.1. The highest BCUT2D eigenvalue weighted by Crippen LogP contribution is 2.23. The van der Waals surface area contributed by atoms with Crippen LogP contribution in [0.15, 0.2) is 76.3 Å². The van der Waals surface area contributed by atoms with Gasteiger partial charge in [0.05, 0.1) is 19.3 Å². The summed E-state index contributed by atoms with van der Waals surface area (Å²) >= 11 is 0. The molecule has 0 spiro atoms. The van der Waals surface area contributed by atoms with Gasteiger partial charge < -0.3 is 13.7 Å². The maximum atomic E-state index is 11.6. The van der Waals surface area contributed by atoms with Crippen LogP contribution in [0.4, 0.5) is 5.69 Å². The smallest absolute Gasteiger partial charge is 0.373 e. The molecule has 0 aliphatic carbocycles. The molecule has 0 atom stereocenters. The third-order valence-corrected chi connectivity index (χ3v) is 5.30. The number of rotatable bonds is 8. The highest BCUT2D eigenvalue weighted by Gasteiger charge is 2.13. The van der Waals surface area contributed by atoms with Gasteiger partial charge in [-0.15, -0.1) is 0 Å². The lowest BCUT2D eigenvalue weighted by molar-refractivity contribution is 0.0563. The number of unbranched alkanes of at least 4 members (excludes halogenated alkanes) is 1. The van der Waals surface area contributed by atoms with Gasteiger partial charge in [0.25, 0.3) is 0 Å². The van der Waals surface area contributed by atoms with E-state index >= 15 is 0 Å². The van der Waals surface area contributed by atoms with Gasteiger partial charge in [0.1, 0.15) is 5.76 Å². The van der Waals surface area contributed by atoms with Crippen molar-refractivity contribution in [2.75, 3.05) is 7.11 Å². The Balaban J connectivity index is 1.57. The highest BCUT2D eigenvalue weighted by molar-refractivity contribution is 6.00. The van der Waals surface area contributed by atoms with Crippen LogP contribution in [0, 0.1) is 0 Å². The van der Waals surface area contributed by atoms with Gasteiger partial charge >= 0.3 is 5.97 Å². The first-order valence-corrected chi connectivity index (χ1v) is 10.6. The van der Waals surface area contributed by atoms with Crippen LogP contribution < -0.4 is 0 Å². The Morgan fingerprint density at radius 1 is 1.10 bits per heavy atom. The molecule has 0 bridgehead atoms. The molecule has 0 radical (unpaired) electrons. The molecule has 0 aliphatic heterocycles. The second-order valence-electron chi connectivity index (χ2n) is 7.52. The number of furan rings is 1. The van der Waals surface area contributed by atoms with E-state index in [2.05, 4.69) is 59.1 Å².